The molecule has 0 aliphatic heterocycles. The summed E-state index contributed by atoms with van der Waals surface area (Å²) in [5.41, 5.74) is 0.526. The molecule has 0 radical (unpaired) electrons. The molecule has 1 aromatic heterocycles. The normalized spacial score (nSPS) is 13.4. The zero-order valence-electron chi connectivity index (χ0n) is 12.6. The maximum Gasteiger partial charge on any atom is 0.258 e. The molecule has 0 aliphatic carbocycles. The Balaban J connectivity index is 2.33. The topological polar surface area (TPSA) is 68.4 Å². The average Bonchev–Trinajstić information content (AvgIpc) is 2.87. The zero-order chi connectivity index (χ0) is 15.6. The molecule has 2 aromatic rings. The van der Waals surface area contributed by atoms with Crippen molar-refractivity contribution >= 4 is 15.9 Å². The summed E-state index contributed by atoms with van der Waals surface area (Å²) in [6, 6.07) is 5.11. The highest BCUT2D eigenvalue weighted by atomic mass is 79.9. The third-order valence-electron chi connectivity index (χ3n) is 2.99. The fraction of sp³-hybridized carbons (Fsp3) is 0.467. The molecule has 1 atom stereocenters. The van der Waals surface area contributed by atoms with Gasteiger partial charge >= 0.3 is 0 Å². The van der Waals surface area contributed by atoms with Crippen molar-refractivity contribution in [1.29, 1.82) is 0 Å². The first-order valence-electron chi connectivity index (χ1n) is 6.77. The maximum atomic E-state index is 9.73. The van der Waals surface area contributed by atoms with Gasteiger partial charge in [-0.15, -0.1) is 0 Å². The highest BCUT2D eigenvalue weighted by Crippen LogP contribution is 2.36. The minimum absolute atomic E-state index is 0.129. The number of phenols is 1. The maximum absolute atomic E-state index is 9.73. The van der Waals surface area contributed by atoms with Crippen LogP contribution in [-0.2, 0) is 4.74 Å². The number of aromatic hydroxyl groups is 1. The molecule has 0 saturated carbocycles. The van der Waals surface area contributed by atoms with Gasteiger partial charge in [0.2, 0.25) is 5.82 Å². The number of rotatable bonds is 4. The smallest absolute Gasteiger partial charge is 0.258 e. The Labute approximate surface area is 132 Å². The molecule has 5 nitrogen and oxygen atoms in total. The van der Waals surface area contributed by atoms with E-state index in [1.165, 1.54) is 0 Å². The van der Waals surface area contributed by atoms with E-state index in [0.29, 0.717) is 28.4 Å². The second-order valence-corrected chi connectivity index (χ2v) is 6.68. The standard InChI is InChI=1S/C15H19BrN2O3/c1-5-20-12(15(2,3)4)13-17-14(21-18-13)9-6-7-10(16)11(19)8-9/h6-8,12,19H,5H2,1-4H3. The number of halogens is 1. The Kier molecular flexibility index (Phi) is 4.68. The minimum Gasteiger partial charge on any atom is -0.507 e. The van der Waals surface area contributed by atoms with E-state index in [1.807, 2.05) is 6.92 Å². The van der Waals surface area contributed by atoms with Crippen molar-refractivity contribution in [2.24, 2.45) is 5.41 Å². The molecule has 1 N–H and O–H groups in total. The van der Waals surface area contributed by atoms with Crippen LogP contribution in [0.5, 0.6) is 5.75 Å². The second kappa shape index (κ2) is 6.15. The average molecular weight is 355 g/mol. The van der Waals surface area contributed by atoms with Crippen LogP contribution in [0.25, 0.3) is 11.5 Å². The van der Waals surface area contributed by atoms with E-state index >= 15 is 0 Å². The van der Waals surface area contributed by atoms with E-state index in [-0.39, 0.29) is 17.3 Å². The van der Waals surface area contributed by atoms with Gasteiger partial charge in [0, 0.05) is 12.2 Å². The fourth-order valence-electron chi connectivity index (χ4n) is 1.98. The summed E-state index contributed by atoms with van der Waals surface area (Å²) in [6.45, 7) is 8.70. The van der Waals surface area contributed by atoms with Crippen LogP contribution in [0.1, 0.15) is 39.6 Å². The van der Waals surface area contributed by atoms with Crippen LogP contribution in [0.15, 0.2) is 27.2 Å². The molecule has 0 aliphatic rings. The van der Waals surface area contributed by atoms with Crippen molar-refractivity contribution in [2.45, 2.75) is 33.8 Å². The van der Waals surface area contributed by atoms with Gasteiger partial charge in [-0.25, -0.2) is 0 Å². The van der Waals surface area contributed by atoms with Gasteiger partial charge in [0.15, 0.2) is 0 Å². The molecule has 1 aromatic carbocycles. The summed E-state index contributed by atoms with van der Waals surface area (Å²) in [5, 5.41) is 13.8. The van der Waals surface area contributed by atoms with Gasteiger partial charge in [0.1, 0.15) is 11.9 Å². The van der Waals surface area contributed by atoms with E-state index in [1.54, 1.807) is 18.2 Å². The van der Waals surface area contributed by atoms with Crippen LogP contribution in [0.2, 0.25) is 0 Å². The van der Waals surface area contributed by atoms with Crippen LogP contribution < -0.4 is 0 Å². The van der Waals surface area contributed by atoms with Crippen molar-refractivity contribution in [3.63, 3.8) is 0 Å². The summed E-state index contributed by atoms with van der Waals surface area (Å²) in [6.07, 6.45) is -0.246. The first kappa shape index (κ1) is 16.0. The number of hydrogen-bond donors (Lipinski definition) is 1. The molecule has 0 bridgehead atoms. The molecule has 21 heavy (non-hydrogen) atoms. The van der Waals surface area contributed by atoms with Gasteiger partial charge in [0.25, 0.3) is 5.89 Å². The fourth-order valence-corrected chi connectivity index (χ4v) is 2.23. The highest BCUT2D eigenvalue weighted by molar-refractivity contribution is 9.10. The Morgan fingerprint density at radius 2 is 2.10 bits per heavy atom. The van der Waals surface area contributed by atoms with E-state index < -0.39 is 0 Å². The lowest BCUT2D eigenvalue weighted by atomic mass is 9.88. The summed E-state index contributed by atoms with van der Waals surface area (Å²) >= 11 is 3.24. The van der Waals surface area contributed by atoms with Crippen LogP contribution in [-0.4, -0.2) is 21.9 Å². The number of hydrogen-bond acceptors (Lipinski definition) is 5. The van der Waals surface area contributed by atoms with Gasteiger partial charge in [-0.05, 0) is 46.5 Å². The summed E-state index contributed by atoms with van der Waals surface area (Å²) < 4.78 is 11.7. The van der Waals surface area contributed by atoms with E-state index in [9.17, 15) is 5.11 Å². The summed E-state index contributed by atoms with van der Waals surface area (Å²) in [7, 11) is 0. The molecule has 6 heteroatoms. The number of ether oxygens (including phenoxy) is 1. The lowest BCUT2D eigenvalue weighted by molar-refractivity contribution is -0.0203. The van der Waals surface area contributed by atoms with Crippen molar-refractivity contribution in [1.82, 2.24) is 10.1 Å². The van der Waals surface area contributed by atoms with E-state index in [4.69, 9.17) is 9.26 Å². The predicted molar refractivity (Wildman–Crippen MR) is 82.9 cm³/mol. The lowest BCUT2D eigenvalue weighted by Gasteiger charge is -2.27. The Hall–Kier alpha value is -1.40. The molecular formula is C15H19BrN2O3. The molecule has 114 valence electrons. The van der Waals surface area contributed by atoms with Crippen LogP contribution >= 0.6 is 15.9 Å². The molecule has 0 amide bonds. The van der Waals surface area contributed by atoms with Crippen LogP contribution in [0.4, 0.5) is 0 Å². The largest absolute Gasteiger partial charge is 0.507 e. The summed E-state index contributed by atoms with van der Waals surface area (Å²) in [5.74, 6) is 1.01. The van der Waals surface area contributed by atoms with E-state index in [2.05, 4.69) is 46.8 Å². The number of benzene rings is 1. The van der Waals surface area contributed by atoms with Crippen molar-refractivity contribution < 1.29 is 14.4 Å². The van der Waals surface area contributed by atoms with Crippen molar-refractivity contribution in [3.8, 4) is 17.2 Å². The van der Waals surface area contributed by atoms with Crippen LogP contribution in [0.3, 0.4) is 0 Å². The van der Waals surface area contributed by atoms with Gasteiger partial charge in [-0.3, -0.25) is 0 Å². The Bertz CT molecular complexity index is 620. The quantitative estimate of drug-likeness (QED) is 0.884. The van der Waals surface area contributed by atoms with Crippen molar-refractivity contribution in [3.05, 3.63) is 28.5 Å². The third-order valence-corrected chi connectivity index (χ3v) is 3.66. The molecule has 0 fully saturated rings. The summed E-state index contributed by atoms with van der Waals surface area (Å²) in [4.78, 5) is 4.41. The van der Waals surface area contributed by atoms with Gasteiger partial charge in [-0.1, -0.05) is 25.9 Å². The minimum atomic E-state index is -0.246. The van der Waals surface area contributed by atoms with E-state index in [0.717, 1.165) is 0 Å². The van der Waals surface area contributed by atoms with Crippen LogP contribution in [0, 0.1) is 5.41 Å². The Morgan fingerprint density at radius 3 is 2.67 bits per heavy atom. The molecule has 1 heterocycles. The van der Waals surface area contributed by atoms with Gasteiger partial charge in [0.05, 0.1) is 4.47 Å². The monoisotopic (exact) mass is 354 g/mol. The predicted octanol–water partition coefficient (Wildman–Crippen LogP) is 4.33. The number of phenolic OH excluding ortho intramolecular Hbond substituents is 1. The lowest BCUT2D eigenvalue weighted by Crippen LogP contribution is -2.22. The van der Waals surface area contributed by atoms with Gasteiger partial charge in [-0.2, -0.15) is 4.98 Å². The SMILES string of the molecule is CCOC(c1noc(-c2ccc(Br)c(O)c2)n1)C(C)(C)C. The third kappa shape index (κ3) is 3.63. The zero-order valence-corrected chi connectivity index (χ0v) is 14.1. The van der Waals surface area contributed by atoms with Gasteiger partial charge < -0.3 is 14.4 Å². The number of nitrogens with zero attached hydrogens (tertiary/aromatic N) is 2. The molecule has 0 spiro atoms. The first-order valence-corrected chi connectivity index (χ1v) is 7.56. The number of aromatic nitrogens is 2. The first-order chi connectivity index (χ1) is 9.82. The second-order valence-electron chi connectivity index (χ2n) is 5.83. The molecule has 2 rings (SSSR count). The highest BCUT2D eigenvalue weighted by Gasteiger charge is 2.31. The molecular weight excluding hydrogens is 336 g/mol. The Morgan fingerprint density at radius 1 is 1.38 bits per heavy atom. The molecule has 1 unspecified atom stereocenters. The van der Waals surface area contributed by atoms with Crippen molar-refractivity contribution in [2.75, 3.05) is 6.61 Å². The molecule has 0 saturated heterocycles.